The van der Waals surface area contributed by atoms with Gasteiger partial charge in [-0.25, -0.2) is 8.78 Å². The highest BCUT2D eigenvalue weighted by Gasteiger charge is 2.35. The lowest BCUT2D eigenvalue weighted by molar-refractivity contribution is -0.216. The van der Waals surface area contributed by atoms with Crippen LogP contribution < -0.4 is 0 Å². The minimum Gasteiger partial charge on any atom is -0.203 e. The van der Waals surface area contributed by atoms with E-state index < -0.39 is 23.1 Å². The zero-order chi connectivity index (χ0) is 9.35. The molecule has 0 saturated carbocycles. The predicted octanol–water partition coefficient (Wildman–Crippen LogP) is 2.30. The average molecular weight is 186 g/mol. The molecule has 2 nitrogen and oxygen atoms in total. The van der Waals surface area contributed by atoms with Crippen molar-refractivity contribution < 1.29 is 22.0 Å². The molecule has 0 spiro atoms. The summed E-state index contributed by atoms with van der Waals surface area (Å²) >= 11 is 0. The minimum absolute atomic E-state index is 0.623. The second-order valence-corrected chi connectivity index (χ2v) is 1.94. The van der Waals surface area contributed by atoms with Gasteiger partial charge < -0.3 is 0 Å². The fraction of sp³-hybridized carbons (Fsp3) is 0.400. The van der Waals surface area contributed by atoms with E-state index >= 15 is 0 Å². The Balaban J connectivity index is 3.08. The van der Waals surface area contributed by atoms with Crippen molar-refractivity contribution >= 4 is 0 Å². The van der Waals surface area contributed by atoms with Crippen LogP contribution in [0.4, 0.5) is 22.0 Å². The van der Waals surface area contributed by atoms with E-state index in [-0.39, 0.29) is 0 Å². The summed E-state index contributed by atoms with van der Waals surface area (Å²) in [6, 6.07) is 0.623. The van der Waals surface area contributed by atoms with Crippen LogP contribution in [-0.2, 0) is 6.30 Å². The topological polar surface area (TPSA) is 17.8 Å². The Kier molecular flexibility index (Phi) is 2.03. The van der Waals surface area contributed by atoms with E-state index in [4.69, 9.17) is 0 Å². The van der Waals surface area contributed by atoms with Crippen LogP contribution in [0.15, 0.2) is 12.3 Å². The summed E-state index contributed by atoms with van der Waals surface area (Å²) in [6.45, 7) is 0. The Morgan fingerprint density at radius 2 is 1.92 bits per heavy atom. The van der Waals surface area contributed by atoms with Crippen LogP contribution in [0.25, 0.3) is 0 Å². The molecule has 1 aromatic heterocycles. The maximum absolute atomic E-state index is 11.8. The summed E-state index contributed by atoms with van der Waals surface area (Å²) in [6.07, 6.45) is -7.38. The van der Waals surface area contributed by atoms with E-state index in [9.17, 15) is 22.0 Å². The molecule has 0 radical (unpaired) electrons. The van der Waals surface area contributed by atoms with Gasteiger partial charge in [-0.3, -0.25) is 0 Å². The third-order valence-corrected chi connectivity index (χ3v) is 1.14. The summed E-state index contributed by atoms with van der Waals surface area (Å²) in [5, 5.41) is 2.72. The van der Waals surface area contributed by atoms with Gasteiger partial charge in [-0.15, -0.1) is 13.2 Å². The average Bonchev–Trinajstić information content (AvgIpc) is 2.30. The molecular weight excluding hydrogens is 183 g/mol. The zero-order valence-electron chi connectivity index (χ0n) is 5.52. The SMILES string of the molecule is FC(F)c1ccnn1C(F)(F)F. The number of rotatable bonds is 1. The maximum Gasteiger partial charge on any atom is 0.504 e. The second-order valence-electron chi connectivity index (χ2n) is 1.94. The van der Waals surface area contributed by atoms with E-state index in [0.717, 1.165) is 0 Å². The molecule has 12 heavy (non-hydrogen) atoms. The molecule has 0 aliphatic heterocycles. The Hall–Kier alpha value is -1.14. The van der Waals surface area contributed by atoms with Crippen molar-refractivity contribution in [1.29, 1.82) is 0 Å². The Labute approximate surface area is 63.6 Å². The van der Waals surface area contributed by atoms with Gasteiger partial charge in [0.2, 0.25) is 0 Å². The molecule has 0 saturated heterocycles. The lowest BCUT2D eigenvalue weighted by Gasteiger charge is -2.09. The van der Waals surface area contributed by atoms with E-state index in [2.05, 4.69) is 5.10 Å². The minimum atomic E-state index is -4.88. The lowest BCUT2D eigenvalue weighted by atomic mass is 10.4. The smallest absolute Gasteiger partial charge is 0.203 e. The number of hydrogen-bond donors (Lipinski definition) is 0. The van der Waals surface area contributed by atoms with Gasteiger partial charge in [0.15, 0.2) is 0 Å². The summed E-state index contributed by atoms with van der Waals surface area (Å²) in [5.41, 5.74) is -1.15. The van der Waals surface area contributed by atoms with Crippen molar-refractivity contribution in [3.05, 3.63) is 18.0 Å². The number of hydrogen-bond acceptors (Lipinski definition) is 1. The summed E-state index contributed by atoms with van der Waals surface area (Å²) in [5.74, 6) is 0. The Bertz CT molecular complexity index is 263. The summed E-state index contributed by atoms with van der Waals surface area (Å²) in [7, 11) is 0. The molecule has 0 amide bonds. The van der Waals surface area contributed by atoms with Crippen LogP contribution >= 0.6 is 0 Å². The maximum atomic E-state index is 11.8. The highest BCUT2D eigenvalue weighted by molar-refractivity contribution is 5.02. The first-order valence-electron chi connectivity index (χ1n) is 2.82. The number of halogens is 5. The van der Waals surface area contributed by atoms with Gasteiger partial charge in [0.1, 0.15) is 5.69 Å². The van der Waals surface area contributed by atoms with Gasteiger partial charge in [-0.05, 0) is 6.07 Å². The highest BCUT2D eigenvalue weighted by Crippen LogP contribution is 2.27. The number of aromatic nitrogens is 2. The van der Waals surface area contributed by atoms with Crippen LogP contribution in [0.3, 0.4) is 0 Å². The van der Waals surface area contributed by atoms with Crippen molar-refractivity contribution in [3.63, 3.8) is 0 Å². The number of nitrogens with zero attached hydrogens (tertiary/aromatic N) is 2. The molecule has 7 heteroatoms. The van der Waals surface area contributed by atoms with Crippen LogP contribution in [-0.4, -0.2) is 9.78 Å². The van der Waals surface area contributed by atoms with Crippen LogP contribution in [0.5, 0.6) is 0 Å². The first-order chi connectivity index (χ1) is 5.43. The monoisotopic (exact) mass is 186 g/mol. The van der Waals surface area contributed by atoms with Gasteiger partial charge in [0.25, 0.3) is 6.43 Å². The standard InChI is InChI=1S/C5H3F5N2/c6-4(7)3-1-2-11-12(3)5(8,9)10/h1-2,4H. The van der Waals surface area contributed by atoms with E-state index in [1.807, 2.05) is 0 Å². The fourth-order valence-corrected chi connectivity index (χ4v) is 0.691. The molecule has 1 aromatic rings. The molecule has 0 aliphatic rings. The van der Waals surface area contributed by atoms with Gasteiger partial charge in [-0.1, -0.05) is 0 Å². The third-order valence-electron chi connectivity index (χ3n) is 1.14. The summed E-state index contributed by atoms with van der Waals surface area (Å²) in [4.78, 5) is 0. The normalized spacial score (nSPS) is 12.5. The highest BCUT2D eigenvalue weighted by atomic mass is 19.4. The number of alkyl halides is 5. The first-order valence-corrected chi connectivity index (χ1v) is 2.82. The van der Waals surface area contributed by atoms with Crippen LogP contribution in [0.2, 0.25) is 0 Å². The Morgan fingerprint density at radius 1 is 1.33 bits per heavy atom. The third kappa shape index (κ3) is 1.54. The molecule has 1 heterocycles. The molecule has 0 fully saturated rings. The van der Waals surface area contributed by atoms with Gasteiger partial charge in [0, 0.05) is 6.20 Å². The van der Waals surface area contributed by atoms with Crippen molar-refractivity contribution in [2.24, 2.45) is 0 Å². The van der Waals surface area contributed by atoms with Gasteiger partial charge in [0.05, 0.1) is 0 Å². The van der Waals surface area contributed by atoms with Crippen molar-refractivity contribution in [1.82, 2.24) is 9.78 Å². The molecule has 0 aliphatic carbocycles. The molecule has 1 rings (SSSR count). The molecule has 0 N–H and O–H groups in total. The molecule has 68 valence electrons. The van der Waals surface area contributed by atoms with Crippen molar-refractivity contribution in [3.8, 4) is 0 Å². The van der Waals surface area contributed by atoms with E-state index in [1.165, 1.54) is 0 Å². The summed E-state index contributed by atoms with van der Waals surface area (Å²) < 4.78 is 58.4. The zero-order valence-corrected chi connectivity index (χ0v) is 5.52. The quantitative estimate of drug-likeness (QED) is 0.615. The van der Waals surface area contributed by atoms with Crippen molar-refractivity contribution in [2.45, 2.75) is 12.7 Å². The van der Waals surface area contributed by atoms with Crippen LogP contribution in [0.1, 0.15) is 12.1 Å². The molecule has 0 bridgehead atoms. The van der Waals surface area contributed by atoms with E-state index in [1.54, 1.807) is 0 Å². The fourth-order valence-electron chi connectivity index (χ4n) is 0.691. The van der Waals surface area contributed by atoms with Gasteiger partial charge >= 0.3 is 6.30 Å². The largest absolute Gasteiger partial charge is 0.504 e. The van der Waals surface area contributed by atoms with Crippen LogP contribution in [0, 0.1) is 0 Å². The van der Waals surface area contributed by atoms with Crippen molar-refractivity contribution in [2.75, 3.05) is 0 Å². The second kappa shape index (κ2) is 2.72. The Morgan fingerprint density at radius 3 is 2.25 bits per heavy atom. The first kappa shape index (κ1) is 8.95. The lowest BCUT2D eigenvalue weighted by Crippen LogP contribution is -2.20. The predicted molar refractivity (Wildman–Crippen MR) is 28.5 cm³/mol. The van der Waals surface area contributed by atoms with E-state index in [0.29, 0.717) is 12.3 Å². The molecular formula is C5H3F5N2. The molecule has 0 unspecified atom stereocenters. The molecule has 0 atom stereocenters. The van der Waals surface area contributed by atoms with Gasteiger partial charge in [-0.2, -0.15) is 9.78 Å². The molecule has 0 aromatic carbocycles.